The first kappa shape index (κ1) is 18.3. The van der Waals surface area contributed by atoms with Crippen molar-refractivity contribution in [2.75, 3.05) is 11.1 Å². The molecule has 1 aromatic heterocycles. The van der Waals surface area contributed by atoms with Gasteiger partial charge in [0, 0.05) is 22.8 Å². The average Bonchev–Trinajstić information content (AvgIpc) is 2.53. The average molecular weight is 358 g/mol. The van der Waals surface area contributed by atoms with Crippen molar-refractivity contribution in [2.45, 2.75) is 18.0 Å². The summed E-state index contributed by atoms with van der Waals surface area (Å²) in [4.78, 5) is 16.6. The van der Waals surface area contributed by atoms with Crippen molar-refractivity contribution in [3.8, 4) is 0 Å². The lowest BCUT2D eigenvalue weighted by molar-refractivity contribution is -0.137. The van der Waals surface area contributed by atoms with E-state index in [1.54, 1.807) is 19.1 Å². The third-order valence-electron chi connectivity index (χ3n) is 3.10. The Balaban J connectivity index is 1.93. The maximum Gasteiger partial charge on any atom is 0.416 e. The van der Waals surface area contributed by atoms with Gasteiger partial charge in [0.05, 0.1) is 5.56 Å². The molecule has 0 fully saturated rings. The van der Waals surface area contributed by atoms with Gasteiger partial charge < -0.3 is 5.32 Å². The van der Waals surface area contributed by atoms with E-state index in [-0.39, 0.29) is 11.6 Å². The second kappa shape index (κ2) is 7.65. The molecule has 0 saturated heterocycles. The molecule has 24 heavy (non-hydrogen) atoms. The summed E-state index contributed by atoms with van der Waals surface area (Å²) >= 11 is 1.36. The molecule has 0 aliphatic heterocycles. The SMILES string of the molecule is CC(CSc1ccc(F)cc1)C(=O)Nc1cc(C(F)(F)F)ccn1. The van der Waals surface area contributed by atoms with Crippen molar-refractivity contribution < 1.29 is 22.4 Å². The normalized spacial score (nSPS) is 12.7. The van der Waals surface area contributed by atoms with Crippen LogP contribution in [0.15, 0.2) is 47.5 Å². The van der Waals surface area contributed by atoms with E-state index < -0.39 is 23.6 Å². The second-order valence-electron chi connectivity index (χ2n) is 5.08. The number of benzene rings is 1. The zero-order chi connectivity index (χ0) is 17.7. The number of thioether (sulfide) groups is 1. The summed E-state index contributed by atoms with van der Waals surface area (Å²) in [6.07, 6.45) is -3.50. The highest BCUT2D eigenvalue weighted by molar-refractivity contribution is 7.99. The van der Waals surface area contributed by atoms with E-state index in [2.05, 4.69) is 10.3 Å². The molecule has 1 aromatic carbocycles. The number of hydrogen-bond donors (Lipinski definition) is 1. The highest BCUT2D eigenvalue weighted by Gasteiger charge is 2.31. The molecule has 0 radical (unpaired) electrons. The molecule has 128 valence electrons. The number of rotatable bonds is 5. The van der Waals surface area contributed by atoms with Crippen LogP contribution in [0.3, 0.4) is 0 Å². The monoisotopic (exact) mass is 358 g/mol. The van der Waals surface area contributed by atoms with Crippen LogP contribution in [0.1, 0.15) is 12.5 Å². The Morgan fingerprint density at radius 1 is 1.25 bits per heavy atom. The summed E-state index contributed by atoms with van der Waals surface area (Å²) < 4.78 is 50.7. The minimum atomic E-state index is -4.49. The van der Waals surface area contributed by atoms with Crippen LogP contribution in [0.4, 0.5) is 23.4 Å². The Hall–Kier alpha value is -2.09. The van der Waals surface area contributed by atoms with Crippen molar-refractivity contribution in [1.82, 2.24) is 4.98 Å². The summed E-state index contributed by atoms with van der Waals surface area (Å²) in [7, 11) is 0. The fourth-order valence-electron chi connectivity index (χ4n) is 1.75. The first-order valence-corrected chi connectivity index (χ1v) is 7.97. The molecular weight excluding hydrogens is 344 g/mol. The molecule has 0 spiro atoms. The highest BCUT2D eigenvalue weighted by atomic mass is 32.2. The van der Waals surface area contributed by atoms with Crippen molar-refractivity contribution in [3.63, 3.8) is 0 Å². The van der Waals surface area contributed by atoms with Gasteiger partial charge in [-0.3, -0.25) is 4.79 Å². The summed E-state index contributed by atoms with van der Waals surface area (Å²) in [5, 5.41) is 2.38. The molecular formula is C16H14F4N2OS. The van der Waals surface area contributed by atoms with Gasteiger partial charge in [-0.25, -0.2) is 9.37 Å². The Morgan fingerprint density at radius 3 is 2.54 bits per heavy atom. The van der Waals surface area contributed by atoms with Crippen molar-refractivity contribution >= 4 is 23.5 Å². The fraction of sp³-hybridized carbons (Fsp3) is 0.250. The summed E-state index contributed by atoms with van der Waals surface area (Å²) in [6, 6.07) is 7.46. The van der Waals surface area contributed by atoms with Crippen molar-refractivity contribution in [2.24, 2.45) is 5.92 Å². The number of hydrogen-bond acceptors (Lipinski definition) is 3. The lowest BCUT2D eigenvalue weighted by Gasteiger charge is -2.13. The molecule has 0 saturated carbocycles. The minimum absolute atomic E-state index is 0.145. The highest BCUT2D eigenvalue weighted by Crippen LogP contribution is 2.30. The summed E-state index contributed by atoms with van der Waals surface area (Å²) in [6.45, 7) is 1.65. The quantitative estimate of drug-likeness (QED) is 0.627. The van der Waals surface area contributed by atoms with Crippen LogP contribution in [0.25, 0.3) is 0 Å². The Kier molecular flexibility index (Phi) is 5.82. The number of amides is 1. The van der Waals surface area contributed by atoms with Crippen LogP contribution in [0.5, 0.6) is 0 Å². The molecule has 0 aliphatic rings. The predicted octanol–water partition coefficient (Wildman–Crippen LogP) is 4.61. The Labute approximate surface area is 140 Å². The third-order valence-corrected chi connectivity index (χ3v) is 4.37. The number of aromatic nitrogens is 1. The minimum Gasteiger partial charge on any atom is -0.310 e. The molecule has 1 N–H and O–H groups in total. The Morgan fingerprint density at radius 2 is 1.92 bits per heavy atom. The van der Waals surface area contributed by atoms with Crippen LogP contribution in [-0.4, -0.2) is 16.6 Å². The number of nitrogens with one attached hydrogen (secondary N) is 1. The fourth-order valence-corrected chi connectivity index (χ4v) is 2.67. The number of carbonyl (C=O) groups is 1. The first-order valence-electron chi connectivity index (χ1n) is 6.98. The number of halogens is 4. The smallest absolute Gasteiger partial charge is 0.310 e. The largest absolute Gasteiger partial charge is 0.416 e. The maximum absolute atomic E-state index is 12.8. The number of alkyl halides is 3. The van der Waals surface area contributed by atoms with Crippen LogP contribution in [-0.2, 0) is 11.0 Å². The van der Waals surface area contributed by atoms with Crippen LogP contribution < -0.4 is 5.32 Å². The van der Waals surface area contributed by atoms with Gasteiger partial charge in [0.1, 0.15) is 11.6 Å². The van der Waals surface area contributed by atoms with E-state index in [4.69, 9.17) is 0 Å². The van der Waals surface area contributed by atoms with Gasteiger partial charge in [0.2, 0.25) is 5.91 Å². The first-order chi connectivity index (χ1) is 11.3. The van der Waals surface area contributed by atoms with Crippen molar-refractivity contribution in [3.05, 3.63) is 54.0 Å². The van der Waals surface area contributed by atoms with E-state index in [1.807, 2.05) is 0 Å². The standard InChI is InChI=1S/C16H14F4N2OS/c1-10(9-24-13-4-2-12(17)3-5-13)15(23)22-14-8-11(6-7-21-14)16(18,19)20/h2-8,10H,9H2,1H3,(H,21,22,23). The van der Waals surface area contributed by atoms with Crippen LogP contribution in [0.2, 0.25) is 0 Å². The Bertz CT molecular complexity index is 704. The number of pyridine rings is 1. The predicted molar refractivity (Wildman–Crippen MR) is 84.2 cm³/mol. The lowest BCUT2D eigenvalue weighted by atomic mass is 10.2. The second-order valence-corrected chi connectivity index (χ2v) is 6.18. The van der Waals surface area contributed by atoms with Gasteiger partial charge in [-0.05, 0) is 36.4 Å². The van der Waals surface area contributed by atoms with Gasteiger partial charge in [-0.15, -0.1) is 11.8 Å². The molecule has 8 heteroatoms. The van der Waals surface area contributed by atoms with E-state index in [0.717, 1.165) is 23.2 Å². The topological polar surface area (TPSA) is 42.0 Å². The molecule has 1 atom stereocenters. The maximum atomic E-state index is 12.8. The van der Waals surface area contributed by atoms with Gasteiger partial charge in [-0.1, -0.05) is 6.92 Å². The summed E-state index contributed by atoms with van der Waals surface area (Å²) in [5.41, 5.74) is -0.874. The van der Waals surface area contributed by atoms with E-state index in [1.165, 1.54) is 23.9 Å². The van der Waals surface area contributed by atoms with Gasteiger partial charge >= 0.3 is 6.18 Å². The molecule has 1 heterocycles. The third kappa shape index (κ3) is 5.23. The van der Waals surface area contributed by atoms with E-state index >= 15 is 0 Å². The lowest BCUT2D eigenvalue weighted by Crippen LogP contribution is -2.23. The molecule has 3 nitrogen and oxygen atoms in total. The van der Waals surface area contributed by atoms with Crippen LogP contribution in [0, 0.1) is 11.7 Å². The molecule has 0 aliphatic carbocycles. The number of anilines is 1. The van der Waals surface area contributed by atoms with E-state index in [0.29, 0.717) is 5.75 Å². The molecule has 2 rings (SSSR count). The number of nitrogens with zero attached hydrogens (tertiary/aromatic N) is 1. The van der Waals surface area contributed by atoms with Crippen LogP contribution >= 0.6 is 11.8 Å². The summed E-state index contributed by atoms with van der Waals surface area (Å²) in [5.74, 6) is -0.988. The zero-order valence-electron chi connectivity index (χ0n) is 12.6. The van der Waals surface area contributed by atoms with Gasteiger partial charge in [0.25, 0.3) is 0 Å². The van der Waals surface area contributed by atoms with E-state index in [9.17, 15) is 22.4 Å². The molecule has 0 bridgehead atoms. The van der Waals surface area contributed by atoms with Gasteiger partial charge in [0.15, 0.2) is 0 Å². The molecule has 1 amide bonds. The molecule has 2 aromatic rings. The number of carbonyl (C=O) groups excluding carboxylic acids is 1. The van der Waals surface area contributed by atoms with Gasteiger partial charge in [-0.2, -0.15) is 13.2 Å². The zero-order valence-corrected chi connectivity index (χ0v) is 13.4. The van der Waals surface area contributed by atoms with Crippen molar-refractivity contribution in [1.29, 1.82) is 0 Å². The molecule has 1 unspecified atom stereocenters.